The Balaban J connectivity index is 2.60. The van der Waals surface area contributed by atoms with E-state index in [1.165, 1.54) is 0 Å². The topological polar surface area (TPSA) is 12.0 Å². The summed E-state index contributed by atoms with van der Waals surface area (Å²) in [5.74, 6) is -0.0648. The smallest absolute Gasteiger partial charge is 0.128 e. The molecule has 11 heavy (non-hydrogen) atoms. The number of fused-ring (bicyclic) bond motifs is 1. The fraction of sp³-hybridized carbons (Fsp3) is 0.333. The van der Waals surface area contributed by atoms with E-state index < -0.39 is 0 Å². The molecule has 1 aliphatic rings. The number of hydrogen-bond acceptors (Lipinski definition) is 1. The fourth-order valence-electron chi connectivity index (χ4n) is 1.52. The normalized spacial score (nSPS) is 15.1. The summed E-state index contributed by atoms with van der Waals surface area (Å²) in [4.78, 5) is 0. The number of aryl methyl sites for hydroxylation is 1. The van der Waals surface area contributed by atoms with Gasteiger partial charge in [0.25, 0.3) is 0 Å². The molecule has 0 spiro atoms. The molecule has 0 radical (unpaired) electrons. The molecule has 2 rings (SSSR count). The van der Waals surface area contributed by atoms with E-state index in [1.807, 2.05) is 13.0 Å². The zero-order valence-corrected chi connectivity index (χ0v) is 6.45. The number of halogens is 1. The molecule has 0 fully saturated rings. The van der Waals surface area contributed by atoms with Gasteiger partial charge in [-0.25, -0.2) is 4.39 Å². The predicted molar refractivity (Wildman–Crippen MR) is 41.7 cm³/mol. The lowest BCUT2D eigenvalue weighted by atomic mass is 10.1. The minimum absolute atomic E-state index is 0.0648. The van der Waals surface area contributed by atoms with E-state index in [1.54, 1.807) is 6.07 Å². The molecule has 2 heteroatoms. The van der Waals surface area contributed by atoms with Crippen molar-refractivity contribution in [2.24, 2.45) is 0 Å². The summed E-state index contributed by atoms with van der Waals surface area (Å²) in [6, 6.07) is 3.63. The third kappa shape index (κ3) is 1.03. The Labute approximate surface area is 65.2 Å². The molecule has 0 aliphatic carbocycles. The first kappa shape index (κ1) is 6.80. The monoisotopic (exact) mass is 151 g/mol. The first-order chi connectivity index (χ1) is 5.27. The molecular weight excluding hydrogens is 141 g/mol. The predicted octanol–water partition coefficient (Wildman–Crippen LogP) is 1.74. The van der Waals surface area contributed by atoms with Crippen LogP contribution >= 0.6 is 0 Å². The summed E-state index contributed by atoms with van der Waals surface area (Å²) in [5, 5.41) is 3.12. The van der Waals surface area contributed by atoms with Gasteiger partial charge < -0.3 is 5.32 Å². The Kier molecular flexibility index (Phi) is 1.43. The van der Waals surface area contributed by atoms with Gasteiger partial charge in [-0.1, -0.05) is 6.07 Å². The quantitative estimate of drug-likeness (QED) is 0.595. The van der Waals surface area contributed by atoms with Crippen molar-refractivity contribution in [1.29, 1.82) is 0 Å². The average molecular weight is 151 g/mol. The molecule has 0 unspecified atom stereocenters. The zero-order valence-electron chi connectivity index (χ0n) is 6.45. The second kappa shape index (κ2) is 2.31. The molecule has 0 saturated heterocycles. The van der Waals surface area contributed by atoms with E-state index in [0.29, 0.717) is 6.54 Å². The van der Waals surface area contributed by atoms with Gasteiger partial charge in [0.2, 0.25) is 0 Å². The molecule has 1 nitrogen and oxygen atoms in total. The molecule has 0 saturated carbocycles. The third-order valence-corrected chi connectivity index (χ3v) is 2.05. The number of nitrogens with one attached hydrogen (secondary N) is 1. The van der Waals surface area contributed by atoms with Crippen LogP contribution in [0, 0.1) is 12.7 Å². The van der Waals surface area contributed by atoms with Crippen LogP contribution in [0.2, 0.25) is 0 Å². The van der Waals surface area contributed by atoms with Crippen LogP contribution in [0.4, 0.5) is 4.39 Å². The summed E-state index contributed by atoms with van der Waals surface area (Å²) >= 11 is 0. The molecule has 1 aromatic carbocycles. The third-order valence-electron chi connectivity index (χ3n) is 2.05. The van der Waals surface area contributed by atoms with Crippen molar-refractivity contribution in [3.8, 4) is 0 Å². The summed E-state index contributed by atoms with van der Waals surface area (Å²) in [7, 11) is 0. The average Bonchev–Trinajstić information content (AvgIpc) is 2.34. The van der Waals surface area contributed by atoms with E-state index in [9.17, 15) is 4.39 Å². The van der Waals surface area contributed by atoms with Gasteiger partial charge in [0.05, 0.1) is 0 Å². The van der Waals surface area contributed by atoms with Gasteiger partial charge in [-0.05, 0) is 24.1 Å². The van der Waals surface area contributed by atoms with E-state index in [4.69, 9.17) is 0 Å². The van der Waals surface area contributed by atoms with E-state index in [-0.39, 0.29) is 5.82 Å². The van der Waals surface area contributed by atoms with Crippen molar-refractivity contribution in [2.75, 3.05) is 0 Å². The lowest BCUT2D eigenvalue weighted by molar-refractivity contribution is 0.607. The Morgan fingerprint density at radius 1 is 1.36 bits per heavy atom. The largest absolute Gasteiger partial charge is 0.308 e. The molecule has 58 valence electrons. The molecule has 0 bridgehead atoms. The second-order valence-electron chi connectivity index (χ2n) is 2.99. The zero-order chi connectivity index (χ0) is 7.84. The summed E-state index contributed by atoms with van der Waals surface area (Å²) in [6.45, 7) is 3.41. The Hall–Kier alpha value is -0.890. The van der Waals surface area contributed by atoms with Gasteiger partial charge in [-0.2, -0.15) is 0 Å². The maximum Gasteiger partial charge on any atom is 0.128 e. The van der Waals surface area contributed by atoms with E-state index >= 15 is 0 Å². The number of hydrogen-bond donors (Lipinski definition) is 1. The molecular formula is C9H10FN. The Bertz CT molecular complexity index is 294. The second-order valence-corrected chi connectivity index (χ2v) is 2.99. The molecule has 1 N–H and O–H groups in total. The van der Waals surface area contributed by atoms with Crippen LogP contribution in [0.5, 0.6) is 0 Å². The van der Waals surface area contributed by atoms with E-state index in [0.717, 1.165) is 23.2 Å². The summed E-state index contributed by atoms with van der Waals surface area (Å²) < 4.78 is 13.1. The number of benzene rings is 1. The highest BCUT2D eigenvalue weighted by molar-refractivity contribution is 5.35. The van der Waals surface area contributed by atoms with Gasteiger partial charge in [0, 0.05) is 18.7 Å². The van der Waals surface area contributed by atoms with Crippen LogP contribution in [0.25, 0.3) is 0 Å². The highest BCUT2D eigenvalue weighted by atomic mass is 19.1. The van der Waals surface area contributed by atoms with Crippen LogP contribution in [-0.2, 0) is 13.1 Å². The summed E-state index contributed by atoms with van der Waals surface area (Å²) in [6.07, 6.45) is 0. The van der Waals surface area contributed by atoms with Crippen molar-refractivity contribution in [3.05, 3.63) is 34.6 Å². The van der Waals surface area contributed by atoms with Crippen molar-refractivity contribution >= 4 is 0 Å². The van der Waals surface area contributed by atoms with Crippen molar-refractivity contribution in [3.63, 3.8) is 0 Å². The maximum absolute atomic E-state index is 13.1. The van der Waals surface area contributed by atoms with Crippen molar-refractivity contribution in [2.45, 2.75) is 20.0 Å². The van der Waals surface area contributed by atoms with Gasteiger partial charge in [0.1, 0.15) is 5.82 Å². The molecule has 0 atom stereocenters. The summed E-state index contributed by atoms with van der Waals surface area (Å²) in [5.41, 5.74) is 2.96. The first-order valence-electron chi connectivity index (χ1n) is 3.76. The fourth-order valence-corrected chi connectivity index (χ4v) is 1.52. The molecule has 1 aromatic rings. The van der Waals surface area contributed by atoms with Gasteiger partial charge in [-0.15, -0.1) is 0 Å². The highest BCUT2D eigenvalue weighted by Crippen LogP contribution is 2.20. The standard InChI is InChI=1S/C9H10FN/c1-6-2-7-4-11-5-8(7)9(10)3-6/h2-3,11H,4-5H2,1H3. The number of rotatable bonds is 0. The van der Waals surface area contributed by atoms with E-state index in [2.05, 4.69) is 5.32 Å². The van der Waals surface area contributed by atoms with Crippen LogP contribution in [0.3, 0.4) is 0 Å². The van der Waals surface area contributed by atoms with Crippen molar-refractivity contribution < 1.29 is 4.39 Å². The lowest BCUT2D eigenvalue weighted by Crippen LogP contribution is -2.00. The molecule has 1 aliphatic heterocycles. The molecule has 0 aromatic heterocycles. The molecule has 0 amide bonds. The highest BCUT2D eigenvalue weighted by Gasteiger charge is 2.14. The lowest BCUT2D eigenvalue weighted by Gasteiger charge is -2.00. The SMILES string of the molecule is Cc1cc(F)c2c(c1)CNC2. The van der Waals surface area contributed by atoms with Crippen LogP contribution in [-0.4, -0.2) is 0 Å². The maximum atomic E-state index is 13.1. The van der Waals surface area contributed by atoms with Gasteiger partial charge >= 0.3 is 0 Å². The van der Waals surface area contributed by atoms with Crippen LogP contribution in [0.15, 0.2) is 12.1 Å². The first-order valence-corrected chi connectivity index (χ1v) is 3.76. The Morgan fingerprint density at radius 2 is 2.18 bits per heavy atom. The minimum Gasteiger partial charge on any atom is -0.308 e. The van der Waals surface area contributed by atoms with Crippen molar-refractivity contribution in [1.82, 2.24) is 5.32 Å². The minimum atomic E-state index is -0.0648. The van der Waals surface area contributed by atoms with Crippen LogP contribution < -0.4 is 5.32 Å². The molecule has 1 heterocycles. The van der Waals surface area contributed by atoms with Gasteiger partial charge in [-0.3, -0.25) is 0 Å². The van der Waals surface area contributed by atoms with Crippen LogP contribution in [0.1, 0.15) is 16.7 Å². The Morgan fingerprint density at radius 3 is 3.00 bits per heavy atom. The van der Waals surface area contributed by atoms with Gasteiger partial charge in [0.15, 0.2) is 0 Å².